The van der Waals surface area contributed by atoms with Gasteiger partial charge < -0.3 is 14.0 Å². The van der Waals surface area contributed by atoms with Crippen LogP contribution in [-0.2, 0) is 34.9 Å². The van der Waals surface area contributed by atoms with Crippen LogP contribution in [0.5, 0.6) is 0 Å². The fourth-order valence-electron chi connectivity index (χ4n) is 4.11. The van der Waals surface area contributed by atoms with Gasteiger partial charge in [0.2, 0.25) is 0 Å². The van der Waals surface area contributed by atoms with E-state index in [4.69, 9.17) is 9.47 Å². The van der Waals surface area contributed by atoms with Gasteiger partial charge in [0.1, 0.15) is 5.82 Å². The highest BCUT2D eigenvalue weighted by molar-refractivity contribution is 7.98. The van der Waals surface area contributed by atoms with E-state index >= 15 is 0 Å². The van der Waals surface area contributed by atoms with Crippen molar-refractivity contribution in [3.63, 3.8) is 0 Å². The van der Waals surface area contributed by atoms with Crippen LogP contribution in [0.2, 0.25) is 0 Å². The minimum Gasteiger partial charge on any atom is -0.465 e. The quantitative estimate of drug-likeness (QED) is 0.313. The number of aromatic nitrogens is 3. The van der Waals surface area contributed by atoms with E-state index in [1.807, 2.05) is 12.1 Å². The number of rotatable bonds is 10. The van der Waals surface area contributed by atoms with Crippen molar-refractivity contribution in [3.05, 3.63) is 76.6 Å². The van der Waals surface area contributed by atoms with E-state index in [1.54, 1.807) is 23.9 Å². The maximum absolute atomic E-state index is 11.7. The normalized spacial score (nSPS) is 15.7. The summed E-state index contributed by atoms with van der Waals surface area (Å²) in [5.74, 6) is 1.48. The van der Waals surface area contributed by atoms with Crippen molar-refractivity contribution in [1.29, 1.82) is 0 Å². The molecule has 0 aliphatic carbocycles. The average molecular weight is 481 g/mol. The van der Waals surface area contributed by atoms with E-state index in [0.29, 0.717) is 12.1 Å². The first-order chi connectivity index (χ1) is 16.5. The van der Waals surface area contributed by atoms with Gasteiger partial charge in [0.25, 0.3) is 0 Å². The molecule has 0 saturated carbocycles. The highest BCUT2D eigenvalue weighted by atomic mass is 32.2. The third-order valence-electron chi connectivity index (χ3n) is 6.06. The molecular weight excluding hydrogens is 448 g/mol. The predicted molar refractivity (Wildman–Crippen MR) is 133 cm³/mol. The molecular formula is C26H32N4O3S. The lowest BCUT2D eigenvalue weighted by atomic mass is 10.1. The van der Waals surface area contributed by atoms with Gasteiger partial charge in [-0.2, -0.15) is 0 Å². The second-order valence-electron chi connectivity index (χ2n) is 8.72. The van der Waals surface area contributed by atoms with Crippen molar-refractivity contribution in [2.75, 3.05) is 20.8 Å². The van der Waals surface area contributed by atoms with E-state index in [2.05, 4.69) is 57.9 Å². The molecule has 180 valence electrons. The van der Waals surface area contributed by atoms with Crippen LogP contribution in [0.15, 0.2) is 53.7 Å². The van der Waals surface area contributed by atoms with Crippen LogP contribution < -0.4 is 0 Å². The fraction of sp³-hybridized carbons (Fsp3) is 0.423. The zero-order chi connectivity index (χ0) is 23.9. The second-order valence-corrected chi connectivity index (χ2v) is 9.66. The number of hydrogen-bond acceptors (Lipinski definition) is 7. The first-order valence-electron chi connectivity index (χ1n) is 11.6. The zero-order valence-electron chi connectivity index (χ0n) is 20.1. The molecule has 0 radical (unpaired) electrons. The molecule has 0 amide bonds. The Morgan fingerprint density at radius 2 is 1.97 bits per heavy atom. The molecule has 4 rings (SSSR count). The van der Waals surface area contributed by atoms with Crippen molar-refractivity contribution in [2.24, 2.45) is 0 Å². The number of esters is 1. The van der Waals surface area contributed by atoms with Gasteiger partial charge in [-0.05, 0) is 55.6 Å². The molecule has 1 atom stereocenters. The number of benzene rings is 2. The summed E-state index contributed by atoms with van der Waals surface area (Å²) >= 11 is 1.73. The Bertz CT molecular complexity index is 1090. The lowest BCUT2D eigenvalue weighted by Crippen LogP contribution is -2.23. The molecule has 1 saturated heterocycles. The molecule has 1 aliphatic rings. The first kappa shape index (κ1) is 24.4. The van der Waals surface area contributed by atoms with Gasteiger partial charge in [0.15, 0.2) is 5.16 Å². The summed E-state index contributed by atoms with van der Waals surface area (Å²) in [5, 5.41) is 10.0. The summed E-state index contributed by atoms with van der Waals surface area (Å²) in [6, 6.07) is 16.0. The molecule has 0 bridgehead atoms. The van der Waals surface area contributed by atoms with Crippen molar-refractivity contribution < 1.29 is 14.3 Å². The van der Waals surface area contributed by atoms with Gasteiger partial charge in [0, 0.05) is 18.9 Å². The van der Waals surface area contributed by atoms with Crippen molar-refractivity contribution in [2.45, 2.75) is 56.4 Å². The molecule has 2 heterocycles. The number of nitrogens with zero attached hydrogens (tertiary/aromatic N) is 4. The summed E-state index contributed by atoms with van der Waals surface area (Å²) in [7, 11) is 3.46. The van der Waals surface area contributed by atoms with Crippen molar-refractivity contribution in [3.8, 4) is 0 Å². The highest BCUT2D eigenvalue weighted by Crippen LogP contribution is 2.26. The van der Waals surface area contributed by atoms with Crippen LogP contribution in [0.25, 0.3) is 0 Å². The second kappa shape index (κ2) is 11.6. The first-order valence-corrected chi connectivity index (χ1v) is 12.6. The molecule has 1 aromatic heterocycles. The van der Waals surface area contributed by atoms with Crippen LogP contribution in [0.3, 0.4) is 0 Å². The van der Waals surface area contributed by atoms with Gasteiger partial charge >= 0.3 is 5.97 Å². The number of thioether (sulfide) groups is 1. The van der Waals surface area contributed by atoms with E-state index in [-0.39, 0.29) is 12.1 Å². The molecule has 0 N–H and O–H groups in total. The predicted octanol–water partition coefficient (Wildman–Crippen LogP) is 4.48. The zero-order valence-corrected chi connectivity index (χ0v) is 20.9. The smallest absolute Gasteiger partial charge is 0.337 e. The largest absolute Gasteiger partial charge is 0.465 e. The van der Waals surface area contributed by atoms with Crippen molar-refractivity contribution in [1.82, 2.24) is 19.7 Å². The molecule has 8 heteroatoms. The molecule has 1 aliphatic heterocycles. The Kier molecular flexibility index (Phi) is 8.37. The maximum Gasteiger partial charge on any atom is 0.337 e. The summed E-state index contributed by atoms with van der Waals surface area (Å²) in [5.41, 5.74) is 4.28. The van der Waals surface area contributed by atoms with Crippen molar-refractivity contribution >= 4 is 17.7 Å². The Labute approximate surface area is 205 Å². The Balaban J connectivity index is 1.45. The molecule has 1 fully saturated rings. The molecule has 34 heavy (non-hydrogen) atoms. The Morgan fingerprint density at radius 1 is 1.18 bits per heavy atom. The van der Waals surface area contributed by atoms with E-state index < -0.39 is 0 Å². The summed E-state index contributed by atoms with van der Waals surface area (Å²) in [6.07, 6.45) is 2.39. The van der Waals surface area contributed by atoms with Crippen LogP contribution in [-0.4, -0.2) is 52.5 Å². The Hall–Kier alpha value is -2.68. The standard InChI is InChI=1S/C26H32N4O3S/c1-19-7-4-5-8-22(19)18-34-26-28-27-24(30(26)16-23-9-6-14-33-23)17-29(2)15-20-10-12-21(13-11-20)25(31)32-3/h4-5,7-8,10-13,23H,6,9,14-18H2,1-3H3/t23-/m0/s1. The number of methoxy groups -OCH3 is 1. The lowest BCUT2D eigenvalue weighted by Gasteiger charge is -2.19. The van der Waals surface area contributed by atoms with Crippen LogP contribution in [0.4, 0.5) is 0 Å². The third-order valence-corrected chi connectivity index (χ3v) is 7.08. The SMILES string of the molecule is COC(=O)c1ccc(CN(C)Cc2nnc(SCc3ccccc3C)n2C[C@@H]2CCCO2)cc1. The summed E-state index contributed by atoms with van der Waals surface area (Å²) < 4.78 is 12.9. The van der Waals surface area contributed by atoms with Crippen LogP contribution >= 0.6 is 11.8 Å². The average Bonchev–Trinajstić information content (AvgIpc) is 3.49. The molecule has 0 spiro atoms. The van der Waals surface area contributed by atoms with E-state index in [0.717, 1.165) is 54.8 Å². The monoisotopic (exact) mass is 480 g/mol. The summed E-state index contributed by atoms with van der Waals surface area (Å²) in [4.78, 5) is 13.9. The van der Waals surface area contributed by atoms with Gasteiger partial charge in [-0.25, -0.2) is 4.79 Å². The number of aryl methyl sites for hydroxylation is 1. The fourth-order valence-corrected chi connectivity index (χ4v) is 5.15. The number of carbonyl (C=O) groups excluding carboxylic acids is 1. The van der Waals surface area contributed by atoms with Gasteiger partial charge in [0.05, 0.1) is 31.9 Å². The summed E-state index contributed by atoms with van der Waals surface area (Å²) in [6.45, 7) is 5.16. The van der Waals surface area contributed by atoms with E-state index in [9.17, 15) is 4.79 Å². The van der Waals surface area contributed by atoms with Gasteiger partial charge in [-0.15, -0.1) is 10.2 Å². The van der Waals surface area contributed by atoms with Gasteiger partial charge in [-0.3, -0.25) is 4.90 Å². The van der Waals surface area contributed by atoms with Crippen LogP contribution in [0, 0.1) is 6.92 Å². The molecule has 7 nitrogen and oxygen atoms in total. The third kappa shape index (κ3) is 6.25. The van der Waals surface area contributed by atoms with Gasteiger partial charge in [-0.1, -0.05) is 48.2 Å². The lowest BCUT2D eigenvalue weighted by molar-refractivity contribution is 0.0600. The number of hydrogen-bond donors (Lipinski definition) is 0. The van der Waals surface area contributed by atoms with E-state index in [1.165, 1.54) is 18.2 Å². The van der Waals surface area contributed by atoms with Crippen LogP contribution in [0.1, 0.15) is 45.7 Å². The minimum atomic E-state index is -0.321. The minimum absolute atomic E-state index is 0.212. The maximum atomic E-state index is 11.7. The topological polar surface area (TPSA) is 69.5 Å². The number of carbonyl (C=O) groups is 1. The molecule has 2 aromatic carbocycles. The number of ether oxygens (including phenoxy) is 2. The highest BCUT2D eigenvalue weighted by Gasteiger charge is 2.22. The Morgan fingerprint density at radius 3 is 2.68 bits per heavy atom. The molecule has 3 aromatic rings. The molecule has 0 unspecified atom stereocenters.